The van der Waals surface area contributed by atoms with Crippen LogP contribution in [0.1, 0.15) is 13.3 Å². The van der Waals surface area contributed by atoms with Crippen LogP contribution in [-0.4, -0.2) is 74.3 Å². The van der Waals surface area contributed by atoms with E-state index >= 15 is 0 Å². The zero-order chi connectivity index (χ0) is 12.7. The molecular formula is C11H23N3O2. The molecule has 0 unspecified atom stereocenters. The molecule has 0 bridgehead atoms. The van der Waals surface area contributed by atoms with Gasteiger partial charge in [-0.3, -0.25) is 9.59 Å². The summed E-state index contributed by atoms with van der Waals surface area (Å²) in [5.41, 5.74) is 0. The molecule has 0 heterocycles. The molecule has 0 saturated heterocycles. The fourth-order valence-electron chi connectivity index (χ4n) is 1.15. The molecule has 0 aliphatic rings. The van der Waals surface area contributed by atoms with Crippen molar-refractivity contribution in [1.29, 1.82) is 0 Å². The first kappa shape index (κ1) is 14.9. The van der Waals surface area contributed by atoms with Crippen LogP contribution in [-0.2, 0) is 9.59 Å². The summed E-state index contributed by atoms with van der Waals surface area (Å²) in [6.45, 7) is 3.50. The minimum Gasteiger partial charge on any atom is -0.346 e. The highest BCUT2D eigenvalue weighted by molar-refractivity contribution is 5.80. The van der Waals surface area contributed by atoms with Gasteiger partial charge in [-0.15, -0.1) is 0 Å². The molecule has 94 valence electrons. The highest BCUT2D eigenvalue weighted by Crippen LogP contribution is 1.94. The van der Waals surface area contributed by atoms with Crippen LogP contribution >= 0.6 is 0 Å². The van der Waals surface area contributed by atoms with Gasteiger partial charge in [-0.2, -0.15) is 0 Å². The normalized spacial score (nSPS) is 10.4. The van der Waals surface area contributed by atoms with Crippen LogP contribution in [0.5, 0.6) is 0 Å². The van der Waals surface area contributed by atoms with Gasteiger partial charge in [-0.05, 0) is 21.0 Å². The molecule has 5 heteroatoms. The SMILES string of the molecule is CCN(C)C(=O)CCN(C)C(=O)CN(C)C. The number of carbonyl (C=O) groups excluding carboxylic acids is 2. The monoisotopic (exact) mass is 229 g/mol. The molecule has 0 aromatic carbocycles. The fourth-order valence-corrected chi connectivity index (χ4v) is 1.15. The van der Waals surface area contributed by atoms with Gasteiger partial charge >= 0.3 is 0 Å². The summed E-state index contributed by atoms with van der Waals surface area (Å²) in [6.07, 6.45) is 0.389. The van der Waals surface area contributed by atoms with Gasteiger partial charge in [0.2, 0.25) is 11.8 Å². The number of rotatable bonds is 6. The highest BCUT2D eigenvalue weighted by atomic mass is 16.2. The Hall–Kier alpha value is -1.10. The van der Waals surface area contributed by atoms with E-state index in [-0.39, 0.29) is 11.8 Å². The van der Waals surface area contributed by atoms with Crippen LogP contribution in [0.4, 0.5) is 0 Å². The molecule has 0 spiro atoms. The van der Waals surface area contributed by atoms with Crippen molar-refractivity contribution in [2.45, 2.75) is 13.3 Å². The summed E-state index contributed by atoms with van der Waals surface area (Å²) in [6, 6.07) is 0. The number of carbonyl (C=O) groups is 2. The van der Waals surface area contributed by atoms with Crippen LogP contribution < -0.4 is 0 Å². The van der Waals surface area contributed by atoms with E-state index in [1.54, 1.807) is 23.9 Å². The quantitative estimate of drug-likeness (QED) is 0.637. The van der Waals surface area contributed by atoms with Crippen molar-refractivity contribution >= 4 is 11.8 Å². The summed E-state index contributed by atoms with van der Waals surface area (Å²) in [5.74, 6) is 0.115. The Kier molecular flexibility index (Phi) is 6.72. The van der Waals surface area contributed by atoms with Crippen LogP contribution in [0.15, 0.2) is 0 Å². The summed E-state index contributed by atoms with van der Waals surface area (Å²) in [4.78, 5) is 28.1. The maximum absolute atomic E-state index is 11.6. The van der Waals surface area contributed by atoms with Gasteiger partial charge in [0.25, 0.3) is 0 Å². The third-order valence-electron chi connectivity index (χ3n) is 2.44. The summed E-state index contributed by atoms with van der Waals surface area (Å²) in [5, 5.41) is 0. The average Bonchev–Trinajstić information content (AvgIpc) is 2.23. The van der Waals surface area contributed by atoms with Crippen molar-refractivity contribution < 1.29 is 9.59 Å². The van der Waals surface area contributed by atoms with Gasteiger partial charge in [0.1, 0.15) is 0 Å². The molecule has 0 rings (SSSR count). The molecule has 0 aromatic rings. The van der Waals surface area contributed by atoms with Gasteiger partial charge in [0.15, 0.2) is 0 Å². The Morgan fingerprint density at radius 1 is 0.938 bits per heavy atom. The third kappa shape index (κ3) is 5.70. The van der Waals surface area contributed by atoms with Gasteiger partial charge in [-0.25, -0.2) is 0 Å². The summed E-state index contributed by atoms with van der Waals surface area (Å²) in [7, 11) is 7.19. The van der Waals surface area contributed by atoms with Crippen LogP contribution in [0, 0.1) is 0 Å². The Morgan fingerprint density at radius 2 is 1.50 bits per heavy atom. The number of likely N-dealkylation sites (N-methyl/N-ethyl adjacent to an activating group) is 2. The largest absolute Gasteiger partial charge is 0.346 e. The van der Waals surface area contributed by atoms with Crippen molar-refractivity contribution in [3.63, 3.8) is 0 Å². The summed E-state index contributed by atoms with van der Waals surface area (Å²) >= 11 is 0. The standard InChI is InChI=1S/C11H23N3O2/c1-6-13(4)10(15)7-8-14(5)11(16)9-12(2)3/h6-9H2,1-5H3. The molecule has 16 heavy (non-hydrogen) atoms. The number of hydrogen-bond donors (Lipinski definition) is 0. The van der Waals surface area contributed by atoms with Crippen LogP contribution in [0.25, 0.3) is 0 Å². The van der Waals surface area contributed by atoms with Crippen LogP contribution in [0.2, 0.25) is 0 Å². The second-order valence-corrected chi connectivity index (χ2v) is 4.21. The minimum absolute atomic E-state index is 0.0388. The number of amides is 2. The smallest absolute Gasteiger partial charge is 0.236 e. The predicted octanol–water partition coefficient (Wildman–Crippen LogP) is -0.125. The van der Waals surface area contributed by atoms with Crippen molar-refractivity contribution in [2.75, 3.05) is 47.8 Å². The summed E-state index contributed by atoms with van der Waals surface area (Å²) < 4.78 is 0. The van der Waals surface area contributed by atoms with Crippen molar-refractivity contribution in [3.8, 4) is 0 Å². The van der Waals surface area contributed by atoms with Gasteiger partial charge < -0.3 is 14.7 Å². The molecule has 5 nitrogen and oxygen atoms in total. The molecule has 0 fully saturated rings. The van der Waals surface area contributed by atoms with E-state index in [2.05, 4.69) is 0 Å². The van der Waals surface area contributed by atoms with E-state index < -0.39 is 0 Å². The molecule has 0 aliphatic heterocycles. The van der Waals surface area contributed by atoms with E-state index in [1.165, 1.54) is 0 Å². The lowest BCUT2D eigenvalue weighted by Crippen LogP contribution is -2.37. The molecule has 0 aromatic heterocycles. The molecule has 0 atom stereocenters. The van der Waals surface area contributed by atoms with E-state index in [0.29, 0.717) is 26.1 Å². The van der Waals surface area contributed by atoms with E-state index in [4.69, 9.17) is 0 Å². The maximum Gasteiger partial charge on any atom is 0.236 e. The predicted molar refractivity (Wildman–Crippen MR) is 64.1 cm³/mol. The molecule has 0 N–H and O–H groups in total. The first-order valence-corrected chi connectivity index (χ1v) is 5.51. The van der Waals surface area contributed by atoms with Gasteiger partial charge in [-0.1, -0.05) is 0 Å². The fraction of sp³-hybridized carbons (Fsp3) is 0.818. The molecule has 0 saturated carbocycles. The van der Waals surface area contributed by atoms with Crippen molar-refractivity contribution in [2.24, 2.45) is 0 Å². The molecular weight excluding hydrogens is 206 g/mol. The van der Waals surface area contributed by atoms with Crippen LogP contribution in [0.3, 0.4) is 0 Å². The van der Waals surface area contributed by atoms with E-state index in [9.17, 15) is 9.59 Å². The van der Waals surface area contributed by atoms with Crippen molar-refractivity contribution in [3.05, 3.63) is 0 Å². The van der Waals surface area contributed by atoms with E-state index in [1.807, 2.05) is 25.9 Å². The Labute approximate surface area is 98.0 Å². The van der Waals surface area contributed by atoms with Crippen molar-refractivity contribution in [1.82, 2.24) is 14.7 Å². The first-order valence-electron chi connectivity index (χ1n) is 5.51. The molecule has 0 radical (unpaired) electrons. The molecule has 0 aliphatic carbocycles. The first-order chi connectivity index (χ1) is 7.38. The number of hydrogen-bond acceptors (Lipinski definition) is 3. The molecule has 2 amide bonds. The average molecular weight is 229 g/mol. The van der Waals surface area contributed by atoms with E-state index in [0.717, 1.165) is 0 Å². The topological polar surface area (TPSA) is 43.9 Å². The zero-order valence-electron chi connectivity index (χ0n) is 11.0. The number of nitrogens with zero attached hydrogens (tertiary/aromatic N) is 3. The lowest BCUT2D eigenvalue weighted by molar-refractivity contribution is -0.133. The van der Waals surface area contributed by atoms with Gasteiger partial charge in [0.05, 0.1) is 6.54 Å². The second kappa shape index (κ2) is 7.22. The van der Waals surface area contributed by atoms with Gasteiger partial charge in [0, 0.05) is 33.6 Å². The minimum atomic E-state index is 0.0388. The lowest BCUT2D eigenvalue weighted by atomic mass is 10.3. The zero-order valence-corrected chi connectivity index (χ0v) is 11.0. The second-order valence-electron chi connectivity index (χ2n) is 4.21. The lowest BCUT2D eigenvalue weighted by Gasteiger charge is -2.21. The Bertz CT molecular complexity index is 241. The third-order valence-corrected chi connectivity index (χ3v) is 2.44. The highest BCUT2D eigenvalue weighted by Gasteiger charge is 2.12. The Morgan fingerprint density at radius 3 is 1.94 bits per heavy atom. The maximum atomic E-state index is 11.6. The Balaban J connectivity index is 3.93.